The van der Waals surface area contributed by atoms with E-state index in [1.165, 1.54) is 0 Å². The van der Waals surface area contributed by atoms with Crippen LogP contribution in [0.25, 0.3) is 0 Å². The Hall–Kier alpha value is -2.31. The third-order valence-electron chi connectivity index (χ3n) is 3.51. The lowest BCUT2D eigenvalue weighted by molar-refractivity contribution is 0.0897. The highest BCUT2D eigenvalue weighted by molar-refractivity contribution is 5.70. The fraction of sp³-hybridized carbons (Fsp3) is 0.467. The molecule has 1 aromatic carbocycles. The maximum atomic E-state index is 13.5. The van der Waals surface area contributed by atoms with Crippen LogP contribution in [0.5, 0.6) is 0 Å². The topological polar surface area (TPSA) is 78.9 Å². The van der Waals surface area contributed by atoms with Crippen molar-refractivity contribution in [3.63, 3.8) is 0 Å². The van der Waals surface area contributed by atoms with Gasteiger partial charge in [0.05, 0.1) is 6.54 Å². The van der Waals surface area contributed by atoms with Gasteiger partial charge in [0.15, 0.2) is 0 Å². The number of halogens is 1. The van der Waals surface area contributed by atoms with Gasteiger partial charge in [0.25, 0.3) is 0 Å². The summed E-state index contributed by atoms with van der Waals surface area (Å²) in [5.74, 6) is 0. The zero-order valence-corrected chi connectivity index (χ0v) is 12.1. The quantitative estimate of drug-likeness (QED) is 0.899. The molecule has 2 atom stereocenters. The van der Waals surface area contributed by atoms with Gasteiger partial charge in [-0.2, -0.15) is 0 Å². The van der Waals surface area contributed by atoms with Crippen LogP contribution >= 0.6 is 0 Å². The third kappa shape index (κ3) is 4.61. The molecule has 1 aliphatic heterocycles. The molecule has 7 heteroatoms. The van der Waals surface area contributed by atoms with E-state index < -0.39 is 24.5 Å². The molecule has 1 aromatic rings. The lowest BCUT2D eigenvalue weighted by Crippen LogP contribution is -2.51. The van der Waals surface area contributed by atoms with E-state index in [-0.39, 0.29) is 13.2 Å². The molecule has 120 valence electrons. The molecule has 2 rings (SSSR count). The molecule has 2 unspecified atom stereocenters. The van der Waals surface area contributed by atoms with Crippen LogP contribution in [0.1, 0.15) is 24.8 Å². The van der Waals surface area contributed by atoms with Gasteiger partial charge in [-0.25, -0.2) is 14.0 Å². The maximum Gasteiger partial charge on any atom is 0.409 e. The van der Waals surface area contributed by atoms with Crippen molar-refractivity contribution in [2.24, 2.45) is 0 Å². The number of benzene rings is 1. The third-order valence-corrected chi connectivity index (χ3v) is 3.51. The van der Waals surface area contributed by atoms with E-state index in [1.54, 1.807) is 0 Å². The first kappa shape index (κ1) is 16.1. The highest BCUT2D eigenvalue weighted by atomic mass is 19.1. The van der Waals surface area contributed by atoms with E-state index in [1.807, 2.05) is 30.3 Å². The predicted octanol–water partition coefficient (Wildman–Crippen LogP) is 2.74. The molecule has 1 aliphatic rings. The molecule has 1 fully saturated rings. The highest BCUT2D eigenvalue weighted by Gasteiger charge is 2.30. The summed E-state index contributed by atoms with van der Waals surface area (Å²) >= 11 is 0. The monoisotopic (exact) mass is 310 g/mol. The summed E-state index contributed by atoms with van der Waals surface area (Å²) in [7, 11) is 0. The van der Waals surface area contributed by atoms with Gasteiger partial charge in [-0.3, -0.25) is 4.90 Å². The molecule has 2 N–H and O–H groups in total. The number of amides is 2. The minimum Gasteiger partial charge on any atom is -0.465 e. The van der Waals surface area contributed by atoms with Gasteiger partial charge in [-0.1, -0.05) is 30.3 Å². The molecular formula is C15H19FN2O4. The Morgan fingerprint density at radius 2 is 2.05 bits per heavy atom. The van der Waals surface area contributed by atoms with Crippen LogP contribution in [0.4, 0.5) is 14.0 Å². The first-order valence-corrected chi connectivity index (χ1v) is 7.17. The summed E-state index contributed by atoms with van der Waals surface area (Å²) in [4.78, 5) is 23.9. The highest BCUT2D eigenvalue weighted by Crippen LogP contribution is 2.18. The Bertz CT molecular complexity index is 512. The number of alkyl carbamates (subject to hydrolysis) is 1. The molecule has 0 aliphatic carbocycles. The molecule has 2 amide bonds. The normalized spacial score (nSPS) is 21.8. The summed E-state index contributed by atoms with van der Waals surface area (Å²) < 4.78 is 18.5. The summed E-state index contributed by atoms with van der Waals surface area (Å²) in [5, 5.41) is 11.6. The summed E-state index contributed by atoms with van der Waals surface area (Å²) in [6, 6.07) is 9.14. The number of ether oxygens (including phenoxy) is 1. The van der Waals surface area contributed by atoms with Crippen molar-refractivity contribution in [3.8, 4) is 0 Å². The minimum absolute atomic E-state index is 0.0954. The molecular weight excluding hydrogens is 291 g/mol. The van der Waals surface area contributed by atoms with Crippen molar-refractivity contribution in [2.45, 2.75) is 38.2 Å². The van der Waals surface area contributed by atoms with Crippen LogP contribution in [0.3, 0.4) is 0 Å². The van der Waals surface area contributed by atoms with Gasteiger partial charge in [0.2, 0.25) is 0 Å². The van der Waals surface area contributed by atoms with Gasteiger partial charge >= 0.3 is 12.2 Å². The van der Waals surface area contributed by atoms with Crippen LogP contribution < -0.4 is 5.32 Å². The van der Waals surface area contributed by atoms with E-state index in [0.717, 1.165) is 10.5 Å². The molecule has 1 saturated heterocycles. The Morgan fingerprint density at radius 1 is 1.32 bits per heavy atom. The lowest BCUT2D eigenvalue weighted by Gasteiger charge is -2.28. The second-order valence-corrected chi connectivity index (χ2v) is 5.18. The summed E-state index contributed by atoms with van der Waals surface area (Å²) in [6.07, 6.45) is -2.76. The van der Waals surface area contributed by atoms with Crippen LogP contribution in [-0.2, 0) is 11.3 Å². The first-order chi connectivity index (χ1) is 10.6. The number of hydrogen-bond donors (Lipinski definition) is 2. The van der Waals surface area contributed by atoms with Crippen LogP contribution in [0.2, 0.25) is 0 Å². The van der Waals surface area contributed by atoms with E-state index in [2.05, 4.69) is 5.32 Å². The van der Waals surface area contributed by atoms with Gasteiger partial charge < -0.3 is 15.2 Å². The van der Waals surface area contributed by atoms with E-state index in [9.17, 15) is 14.0 Å². The smallest absolute Gasteiger partial charge is 0.409 e. The number of carboxylic acid groups (broad SMARTS) is 1. The molecule has 0 radical (unpaired) electrons. The molecule has 0 saturated carbocycles. The van der Waals surface area contributed by atoms with Crippen molar-refractivity contribution in [1.29, 1.82) is 0 Å². The number of rotatable bonds is 3. The lowest BCUT2D eigenvalue weighted by atomic mass is 10.2. The Balaban J connectivity index is 1.89. The Labute approximate surface area is 127 Å². The number of alkyl halides is 1. The number of hydrogen-bond acceptors (Lipinski definition) is 3. The van der Waals surface area contributed by atoms with Crippen molar-refractivity contribution >= 4 is 12.2 Å². The van der Waals surface area contributed by atoms with Crippen LogP contribution in [0.15, 0.2) is 30.3 Å². The van der Waals surface area contributed by atoms with Gasteiger partial charge in [0.1, 0.15) is 18.9 Å². The zero-order valence-electron chi connectivity index (χ0n) is 12.1. The number of nitrogens with one attached hydrogen (secondary N) is 1. The number of likely N-dealkylation sites (tertiary alicyclic amines) is 1. The maximum absolute atomic E-state index is 13.5. The van der Waals surface area contributed by atoms with Crippen LogP contribution in [-0.4, -0.2) is 41.1 Å². The molecule has 1 heterocycles. The fourth-order valence-electron chi connectivity index (χ4n) is 2.38. The molecule has 22 heavy (non-hydrogen) atoms. The molecule has 6 nitrogen and oxygen atoms in total. The van der Waals surface area contributed by atoms with Crippen molar-refractivity contribution < 1.29 is 23.8 Å². The average Bonchev–Trinajstić information content (AvgIpc) is 2.68. The van der Waals surface area contributed by atoms with Gasteiger partial charge in [0, 0.05) is 0 Å². The van der Waals surface area contributed by atoms with Crippen molar-refractivity contribution in [1.82, 2.24) is 10.2 Å². The molecule has 0 bridgehead atoms. The summed E-state index contributed by atoms with van der Waals surface area (Å²) in [6.45, 7) is -0.142. The zero-order chi connectivity index (χ0) is 15.9. The Morgan fingerprint density at radius 3 is 2.73 bits per heavy atom. The van der Waals surface area contributed by atoms with Gasteiger partial charge in [-0.15, -0.1) is 0 Å². The Kier molecular flexibility index (Phi) is 5.57. The average molecular weight is 310 g/mol. The van der Waals surface area contributed by atoms with E-state index >= 15 is 0 Å². The number of carbonyl (C=O) groups excluding carboxylic acids is 1. The molecule has 0 spiro atoms. The fourth-order valence-corrected chi connectivity index (χ4v) is 2.38. The van der Waals surface area contributed by atoms with E-state index in [4.69, 9.17) is 9.84 Å². The van der Waals surface area contributed by atoms with Crippen molar-refractivity contribution in [3.05, 3.63) is 35.9 Å². The minimum atomic E-state index is -1.25. The SMILES string of the molecule is O=C(NC1CCCC(F)CN1C(=O)O)OCc1ccccc1. The predicted molar refractivity (Wildman–Crippen MR) is 77.0 cm³/mol. The van der Waals surface area contributed by atoms with E-state index in [0.29, 0.717) is 19.3 Å². The largest absolute Gasteiger partial charge is 0.465 e. The summed E-state index contributed by atoms with van der Waals surface area (Å²) in [5.41, 5.74) is 0.831. The number of carbonyl (C=O) groups is 2. The number of nitrogens with zero attached hydrogens (tertiary/aromatic N) is 1. The molecule has 0 aromatic heterocycles. The second-order valence-electron chi connectivity index (χ2n) is 5.18. The first-order valence-electron chi connectivity index (χ1n) is 7.17. The van der Waals surface area contributed by atoms with Crippen molar-refractivity contribution in [2.75, 3.05) is 6.54 Å². The van der Waals surface area contributed by atoms with Crippen LogP contribution in [0, 0.1) is 0 Å². The second kappa shape index (κ2) is 7.63. The van der Waals surface area contributed by atoms with Gasteiger partial charge in [-0.05, 0) is 24.8 Å². The standard InChI is InChI=1S/C15H19FN2O4/c16-12-7-4-8-13(18(9-12)15(20)21)17-14(19)22-10-11-5-2-1-3-6-11/h1-3,5-6,12-13H,4,7-10H2,(H,17,19)(H,20,21).